The number of aryl methyl sites for hydroxylation is 1. The Labute approximate surface area is 106 Å². The first-order valence-electron chi connectivity index (χ1n) is 5.78. The number of hydrogen-bond acceptors (Lipinski definition) is 2. The summed E-state index contributed by atoms with van der Waals surface area (Å²) in [5.74, 6) is 0.265. The van der Waals surface area contributed by atoms with Crippen LogP contribution in [0, 0.1) is 12.7 Å². The van der Waals surface area contributed by atoms with E-state index in [1.165, 1.54) is 12.1 Å². The molecule has 0 aliphatic rings. The number of rotatable bonds is 3. The van der Waals surface area contributed by atoms with Crippen LogP contribution in [0.5, 0.6) is 11.5 Å². The van der Waals surface area contributed by atoms with Crippen molar-refractivity contribution < 1.29 is 14.2 Å². The van der Waals surface area contributed by atoms with Crippen LogP contribution in [-0.4, -0.2) is 5.11 Å². The molecule has 0 bridgehead atoms. The van der Waals surface area contributed by atoms with Gasteiger partial charge in [0.05, 0.1) is 6.10 Å². The largest absolute Gasteiger partial charge is 0.454 e. The summed E-state index contributed by atoms with van der Waals surface area (Å²) in [6.07, 6.45) is -0.687. The number of ether oxygens (including phenoxy) is 1. The van der Waals surface area contributed by atoms with Crippen molar-refractivity contribution >= 4 is 0 Å². The normalized spacial score (nSPS) is 12.2. The summed E-state index contributed by atoms with van der Waals surface area (Å²) in [5.41, 5.74) is 1.65. The van der Waals surface area contributed by atoms with E-state index < -0.39 is 11.9 Å². The Bertz CT molecular complexity index is 533. The fraction of sp³-hybridized carbons (Fsp3) is 0.200. The predicted molar refractivity (Wildman–Crippen MR) is 68.3 cm³/mol. The summed E-state index contributed by atoms with van der Waals surface area (Å²) in [5, 5.41) is 9.35. The molecule has 18 heavy (non-hydrogen) atoms. The van der Waals surface area contributed by atoms with E-state index in [9.17, 15) is 9.50 Å². The third-order valence-corrected chi connectivity index (χ3v) is 2.69. The van der Waals surface area contributed by atoms with Crippen LogP contribution in [0.4, 0.5) is 4.39 Å². The molecule has 0 unspecified atom stereocenters. The van der Waals surface area contributed by atoms with Gasteiger partial charge in [-0.2, -0.15) is 0 Å². The Hall–Kier alpha value is -1.87. The molecule has 0 amide bonds. The van der Waals surface area contributed by atoms with Crippen LogP contribution >= 0.6 is 0 Å². The zero-order valence-electron chi connectivity index (χ0n) is 10.4. The fourth-order valence-corrected chi connectivity index (χ4v) is 1.59. The molecule has 0 spiro atoms. The molecule has 0 heterocycles. The highest BCUT2D eigenvalue weighted by Crippen LogP contribution is 2.26. The van der Waals surface area contributed by atoms with E-state index in [-0.39, 0.29) is 5.75 Å². The van der Waals surface area contributed by atoms with Crippen LogP contribution in [0.15, 0.2) is 42.5 Å². The van der Waals surface area contributed by atoms with E-state index in [4.69, 9.17) is 4.74 Å². The van der Waals surface area contributed by atoms with Crippen molar-refractivity contribution in [3.8, 4) is 11.5 Å². The van der Waals surface area contributed by atoms with Crippen LogP contribution in [0.25, 0.3) is 0 Å². The van der Waals surface area contributed by atoms with Crippen molar-refractivity contribution in [2.24, 2.45) is 0 Å². The second-order valence-electron chi connectivity index (χ2n) is 4.28. The van der Waals surface area contributed by atoms with E-state index in [2.05, 4.69) is 0 Å². The SMILES string of the molecule is Cc1ccc(Oc2ccc([C@H](C)O)cc2F)cc1. The van der Waals surface area contributed by atoms with Crippen molar-refractivity contribution in [2.45, 2.75) is 20.0 Å². The van der Waals surface area contributed by atoms with E-state index in [0.29, 0.717) is 11.3 Å². The molecule has 94 valence electrons. The van der Waals surface area contributed by atoms with Gasteiger partial charge in [-0.3, -0.25) is 0 Å². The summed E-state index contributed by atoms with van der Waals surface area (Å²) >= 11 is 0. The monoisotopic (exact) mass is 246 g/mol. The molecule has 2 aromatic rings. The van der Waals surface area contributed by atoms with Gasteiger partial charge in [0, 0.05) is 0 Å². The maximum Gasteiger partial charge on any atom is 0.166 e. The van der Waals surface area contributed by atoms with E-state index in [1.807, 2.05) is 19.1 Å². The van der Waals surface area contributed by atoms with Crippen molar-refractivity contribution in [3.05, 3.63) is 59.4 Å². The fourth-order valence-electron chi connectivity index (χ4n) is 1.59. The standard InChI is InChI=1S/C15H15FO2/c1-10-3-6-13(7-4-10)18-15-8-5-12(11(2)17)9-14(15)16/h3-9,11,17H,1-2H3/t11-/m0/s1. The lowest BCUT2D eigenvalue weighted by atomic mass is 10.1. The average molecular weight is 246 g/mol. The molecule has 1 atom stereocenters. The van der Waals surface area contributed by atoms with Crippen LogP contribution < -0.4 is 4.74 Å². The summed E-state index contributed by atoms with van der Waals surface area (Å²) in [4.78, 5) is 0. The van der Waals surface area contributed by atoms with Crippen LogP contribution in [0.2, 0.25) is 0 Å². The number of aliphatic hydroxyl groups is 1. The zero-order valence-corrected chi connectivity index (χ0v) is 10.4. The van der Waals surface area contributed by atoms with E-state index in [1.54, 1.807) is 25.1 Å². The molecule has 0 saturated heterocycles. The molecule has 0 saturated carbocycles. The molecule has 0 aromatic heterocycles. The lowest BCUT2D eigenvalue weighted by Crippen LogP contribution is -1.94. The first kappa shape index (κ1) is 12.6. The first-order valence-corrected chi connectivity index (χ1v) is 5.78. The summed E-state index contributed by atoms with van der Waals surface area (Å²) in [6.45, 7) is 3.57. The van der Waals surface area contributed by atoms with Gasteiger partial charge in [-0.05, 0) is 43.7 Å². The van der Waals surface area contributed by atoms with E-state index >= 15 is 0 Å². The molecular weight excluding hydrogens is 231 g/mol. The summed E-state index contributed by atoms with van der Waals surface area (Å²) in [7, 11) is 0. The van der Waals surface area contributed by atoms with Gasteiger partial charge in [-0.15, -0.1) is 0 Å². The van der Waals surface area contributed by atoms with Crippen molar-refractivity contribution in [3.63, 3.8) is 0 Å². The molecule has 1 N–H and O–H groups in total. The van der Waals surface area contributed by atoms with Gasteiger partial charge in [0.2, 0.25) is 0 Å². The smallest absolute Gasteiger partial charge is 0.166 e. The lowest BCUT2D eigenvalue weighted by molar-refractivity contribution is 0.198. The second kappa shape index (κ2) is 5.19. The van der Waals surface area contributed by atoms with Crippen LogP contribution in [0.1, 0.15) is 24.2 Å². The molecule has 0 aliphatic heterocycles. The van der Waals surface area contributed by atoms with E-state index in [0.717, 1.165) is 5.56 Å². The van der Waals surface area contributed by atoms with Gasteiger partial charge in [-0.1, -0.05) is 23.8 Å². The molecule has 2 rings (SSSR count). The van der Waals surface area contributed by atoms with Crippen LogP contribution in [-0.2, 0) is 0 Å². The summed E-state index contributed by atoms with van der Waals surface area (Å²) < 4.78 is 19.2. The zero-order chi connectivity index (χ0) is 13.1. The van der Waals surface area contributed by atoms with Gasteiger partial charge in [0.15, 0.2) is 11.6 Å². The van der Waals surface area contributed by atoms with Crippen LogP contribution in [0.3, 0.4) is 0 Å². The lowest BCUT2D eigenvalue weighted by Gasteiger charge is -2.09. The van der Waals surface area contributed by atoms with Crippen molar-refractivity contribution in [1.82, 2.24) is 0 Å². The Kier molecular flexibility index (Phi) is 3.63. The Morgan fingerprint density at radius 1 is 1.11 bits per heavy atom. The highest BCUT2D eigenvalue weighted by molar-refractivity contribution is 5.35. The molecule has 0 radical (unpaired) electrons. The van der Waals surface area contributed by atoms with Gasteiger partial charge in [0.1, 0.15) is 5.75 Å². The van der Waals surface area contributed by atoms with Gasteiger partial charge >= 0.3 is 0 Å². The van der Waals surface area contributed by atoms with Gasteiger partial charge < -0.3 is 9.84 Å². The average Bonchev–Trinajstić information content (AvgIpc) is 2.34. The third-order valence-electron chi connectivity index (χ3n) is 2.69. The molecule has 0 aliphatic carbocycles. The Morgan fingerprint density at radius 2 is 1.78 bits per heavy atom. The predicted octanol–water partition coefficient (Wildman–Crippen LogP) is 3.98. The Morgan fingerprint density at radius 3 is 2.33 bits per heavy atom. The topological polar surface area (TPSA) is 29.5 Å². The number of hydrogen-bond donors (Lipinski definition) is 1. The maximum absolute atomic E-state index is 13.7. The minimum atomic E-state index is -0.687. The quantitative estimate of drug-likeness (QED) is 0.887. The highest BCUT2D eigenvalue weighted by Gasteiger charge is 2.08. The molecule has 3 heteroatoms. The van der Waals surface area contributed by atoms with Crippen molar-refractivity contribution in [1.29, 1.82) is 0 Å². The maximum atomic E-state index is 13.7. The summed E-state index contributed by atoms with van der Waals surface area (Å²) in [6, 6.07) is 11.8. The second-order valence-corrected chi connectivity index (χ2v) is 4.28. The first-order chi connectivity index (χ1) is 8.56. The Balaban J connectivity index is 2.22. The number of halogens is 1. The molecule has 2 nitrogen and oxygen atoms in total. The van der Waals surface area contributed by atoms with Gasteiger partial charge in [-0.25, -0.2) is 4.39 Å². The van der Waals surface area contributed by atoms with Crippen molar-refractivity contribution in [2.75, 3.05) is 0 Å². The minimum Gasteiger partial charge on any atom is -0.454 e. The highest BCUT2D eigenvalue weighted by atomic mass is 19.1. The molecule has 2 aromatic carbocycles. The third kappa shape index (κ3) is 2.87. The minimum absolute atomic E-state index is 0.156. The number of aliphatic hydroxyl groups excluding tert-OH is 1. The van der Waals surface area contributed by atoms with Gasteiger partial charge in [0.25, 0.3) is 0 Å². The number of benzene rings is 2. The molecular formula is C15H15FO2. The molecule has 0 fully saturated rings.